The predicted octanol–water partition coefficient (Wildman–Crippen LogP) is 1.98. The third-order valence-electron chi connectivity index (χ3n) is 2.50. The lowest BCUT2D eigenvalue weighted by molar-refractivity contribution is 0.0955. The average Bonchev–Trinajstić information content (AvgIpc) is 2.20. The van der Waals surface area contributed by atoms with Gasteiger partial charge in [0.25, 0.3) is 15.0 Å². The summed E-state index contributed by atoms with van der Waals surface area (Å²) in [5.74, 6) is -0.296. The van der Waals surface area contributed by atoms with E-state index in [4.69, 9.17) is 10.7 Å². The first-order chi connectivity index (χ1) is 7.77. The van der Waals surface area contributed by atoms with Crippen LogP contribution < -0.4 is 5.32 Å². The molecule has 0 saturated heterocycles. The van der Waals surface area contributed by atoms with Crippen molar-refractivity contribution in [1.82, 2.24) is 5.32 Å². The third kappa shape index (κ3) is 3.20. The Morgan fingerprint density at radius 1 is 1.35 bits per heavy atom. The highest BCUT2D eigenvalue weighted by Gasteiger charge is 2.17. The summed E-state index contributed by atoms with van der Waals surface area (Å²) < 4.78 is 22.5. The SMILES string of the molecule is CCNC(=O)c1cc(S(=O)(=O)Cl)cc(C)c1C. The van der Waals surface area contributed by atoms with Crippen LogP contribution in [0.5, 0.6) is 0 Å². The molecular formula is C11H14ClNO3S. The Morgan fingerprint density at radius 3 is 2.41 bits per heavy atom. The Morgan fingerprint density at radius 2 is 1.94 bits per heavy atom. The summed E-state index contributed by atoms with van der Waals surface area (Å²) in [5, 5.41) is 2.63. The predicted molar refractivity (Wildman–Crippen MR) is 67.0 cm³/mol. The minimum absolute atomic E-state index is 0.0523. The highest BCUT2D eigenvalue weighted by molar-refractivity contribution is 8.13. The van der Waals surface area contributed by atoms with Gasteiger partial charge in [0.15, 0.2) is 0 Å². The van der Waals surface area contributed by atoms with Crippen molar-refractivity contribution < 1.29 is 13.2 Å². The molecule has 0 atom stereocenters. The maximum Gasteiger partial charge on any atom is 0.261 e. The van der Waals surface area contributed by atoms with E-state index >= 15 is 0 Å². The van der Waals surface area contributed by atoms with Gasteiger partial charge in [0, 0.05) is 22.8 Å². The molecule has 0 unspecified atom stereocenters. The van der Waals surface area contributed by atoms with Gasteiger partial charge in [0.2, 0.25) is 0 Å². The van der Waals surface area contributed by atoms with Crippen LogP contribution in [0.1, 0.15) is 28.4 Å². The number of carbonyl (C=O) groups excluding carboxylic acids is 1. The Hall–Kier alpha value is -1.07. The first kappa shape index (κ1) is 14.0. The highest BCUT2D eigenvalue weighted by atomic mass is 35.7. The van der Waals surface area contributed by atoms with E-state index in [1.165, 1.54) is 12.1 Å². The number of carbonyl (C=O) groups is 1. The third-order valence-corrected chi connectivity index (χ3v) is 3.84. The molecule has 0 aromatic heterocycles. The average molecular weight is 276 g/mol. The molecule has 0 fully saturated rings. The van der Waals surface area contributed by atoms with Crippen molar-refractivity contribution in [2.24, 2.45) is 0 Å². The van der Waals surface area contributed by atoms with Crippen LogP contribution >= 0.6 is 10.7 Å². The van der Waals surface area contributed by atoms with E-state index in [0.717, 1.165) is 5.56 Å². The van der Waals surface area contributed by atoms with Gasteiger partial charge in [-0.15, -0.1) is 0 Å². The minimum atomic E-state index is -3.82. The fourth-order valence-electron chi connectivity index (χ4n) is 1.46. The molecule has 0 radical (unpaired) electrons. The Bertz CT molecular complexity index is 552. The number of hydrogen-bond acceptors (Lipinski definition) is 3. The van der Waals surface area contributed by atoms with E-state index in [-0.39, 0.29) is 10.8 Å². The van der Waals surface area contributed by atoms with Gasteiger partial charge in [-0.2, -0.15) is 0 Å². The Labute approximate surface area is 105 Å². The molecule has 0 saturated carbocycles. The molecule has 1 aromatic rings. The summed E-state index contributed by atoms with van der Waals surface area (Å²) in [7, 11) is 1.46. The van der Waals surface area contributed by atoms with Crippen LogP contribution in [0.15, 0.2) is 17.0 Å². The first-order valence-electron chi connectivity index (χ1n) is 5.11. The normalized spacial score (nSPS) is 11.3. The zero-order valence-electron chi connectivity index (χ0n) is 9.87. The van der Waals surface area contributed by atoms with Gasteiger partial charge < -0.3 is 5.32 Å². The number of benzene rings is 1. The van der Waals surface area contributed by atoms with E-state index in [2.05, 4.69) is 5.32 Å². The maximum absolute atomic E-state index is 11.7. The molecule has 0 spiro atoms. The van der Waals surface area contributed by atoms with Gasteiger partial charge >= 0.3 is 0 Å². The number of rotatable bonds is 3. The zero-order chi connectivity index (χ0) is 13.2. The summed E-state index contributed by atoms with van der Waals surface area (Å²) >= 11 is 0. The van der Waals surface area contributed by atoms with Crippen LogP contribution in [-0.2, 0) is 9.05 Å². The molecule has 94 valence electrons. The van der Waals surface area contributed by atoms with Crippen molar-refractivity contribution in [3.8, 4) is 0 Å². The van der Waals surface area contributed by atoms with Crippen LogP contribution in [0, 0.1) is 13.8 Å². The quantitative estimate of drug-likeness (QED) is 0.858. The molecule has 4 nitrogen and oxygen atoms in total. The standard InChI is InChI=1S/C11H14ClNO3S/c1-4-13-11(14)10-6-9(17(12,15)16)5-7(2)8(10)3/h5-6H,4H2,1-3H3,(H,13,14). The molecule has 0 bridgehead atoms. The molecule has 1 N–H and O–H groups in total. The number of hydrogen-bond donors (Lipinski definition) is 1. The largest absolute Gasteiger partial charge is 0.352 e. The van der Waals surface area contributed by atoms with Gasteiger partial charge in [-0.1, -0.05) is 0 Å². The van der Waals surface area contributed by atoms with Gasteiger partial charge in [0.1, 0.15) is 0 Å². The lowest BCUT2D eigenvalue weighted by Crippen LogP contribution is -2.24. The minimum Gasteiger partial charge on any atom is -0.352 e. The topological polar surface area (TPSA) is 63.2 Å². The van der Waals surface area contributed by atoms with Crippen molar-refractivity contribution in [3.63, 3.8) is 0 Å². The summed E-state index contributed by atoms with van der Waals surface area (Å²) in [6.45, 7) is 5.78. The van der Waals surface area contributed by atoms with Crippen LogP contribution in [0.2, 0.25) is 0 Å². The lowest BCUT2D eigenvalue weighted by atomic mass is 10.0. The second kappa shape index (κ2) is 5.06. The van der Waals surface area contributed by atoms with E-state index in [1.54, 1.807) is 20.8 Å². The van der Waals surface area contributed by atoms with Crippen LogP contribution in [-0.4, -0.2) is 20.9 Å². The molecule has 6 heteroatoms. The van der Waals surface area contributed by atoms with Crippen molar-refractivity contribution >= 4 is 25.6 Å². The van der Waals surface area contributed by atoms with Gasteiger partial charge in [-0.05, 0) is 44.0 Å². The number of aryl methyl sites for hydroxylation is 1. The summed E-state index contributed by atoms with van der Waals surface area (Å²) in [6.07, 6.45) is 0. The lowest BCUT2D eigenvalue weighted by Gasteiger charge is -2.10. The number of amides is 1. The highest BCUT2D eigenvalue weighted by Crippen LogP contribution is 2.22. The van der Waals surface area contributed by atoms with E-state index in [9.17, 15) is 13.2 Å². The van der Waals surface area contributed by atoms with Crippen LogP contribution in [0.25, 0.3) is 0 Å². The molecule has 0 aliphatic rings. The molecule has 1 aromatic carbocycles. The van der Waals surface area contributed by atoms with E-state index < -0.39 is 9.05 Å². The van der Waals surface area contributed by atoms with Crippen molar-refractivity contribution in [3.05, 3.63) is 28.8 Å². The maximum atomic E-state index is 11.7. The molecule has 1 amide bonds. The smallest absolute Gasteiger partial charge is 0.261 e. The summed E-state index contributed by atoms with van der Waals surface area (Å²) in [4.78, 5) is 11.7. The van der Waals surface area contributed by atoms with E-state index in [0.29, 0.717) is 17.7 Å². The molecule has 0 heterocycles. The fraction of sp³-hybridized carbons (Fsp3) is 0.364. The van der Waals surface area contributed by atoms with Crippen molar-refractivity contribution in [2.75, 3.05) is 6.54 Å². The van der Waals surface area contributed by atoms with Crippen molar-refractivity contribution in [1.29, 1.82) is 0 Å². The molecule has 0 aliphatic carbocycles. The molecule has 1 rings (SSSR count). The second-order valence-corrected chi connectivity index (χ2v) is 6.28. The summed E-state index contributed by atoms with van der Waals surface area (Å²) in [5.41, 5.74) is 1.80. The summed E-state index contributed by atoms with van der Waals surface area (Å²) in [6, 6.07) is 2.76. The van der Waals surface area contributed by atoms with Crippen LogP contribution in [0.4, 0.5) is 0 Å². The molecule has 17 heavy (non-hydrogen) atoms. The van der Waals surface area contributed by atoms with E-state index in [1.807, 2.05) is 0 Å². The fourth-order valence-corrected chi connectivity index (χ4v) is 2.30. The van der Waals surface area contributed by atoms with Crippen molar-refractivity contribution in [2.45, 2.75) is 25.7 Å². The van der Waals surface area contributed by atoms with Crippen LogP contribution in [0.3, 0.4) is 0 Å². The second-order valence-electron chi connectivity index (χ2n) is 3.71. The monoisotopic (exact) mass is 275 g/mol. The van der Waals surface area contributed by atoms with Gasteiger partial charge in [0.05, 0.1) is 4.90 Å². The molecule has 0 aliphatic heterocycles. The zero-order valence-corrected chi connectivity index (χ0v) is 11.4. The Kier molecular flexibility index (Phi) is 4.16. The van der Waals surface area contributed by atoms with Gasteiger partial charge in [-0.25, -0.2) is 8.42 Å². The van der Waals surface area contributed by atoms with Gasteiger partial charge in [-0.3, -0.25) is 4.79 Å². The number of halogens is 1. The molecular weight excluding hydrogens is 262 g/mol. The first-order valence-corrected chi connectivity index (χ1v) is 7.42. The Balaban J connectivity index is 3.40. The number of nitrogens with one attached hydrogen (secondary N) is 1.